The molecule has 0 aliphatic heterocycles. The lowest BCUT2D eigenvalue weighted by atomic mass is 10.0. The first kappa shape index (κ1) is 18.7. The SMILES string of the molecule is CCOC(=O)c1c(-c2ccc(F)cc2)csc1NC(=O)c1cccc(F)c1. The Bertz CT molecular complexity index is 983. The van der Waals surface area contributed by atoms with Gasteiger partial charge in [0.25, 0.3) is 5.91 Å². The summed E-state index contributed by atoms with van der Waals surface area (Å²) in [5, 5.41) is 4.59. The van der Waals surface area contributed by atoms with E-state index < -0.39 is 23.5 Å². The highest BCUT2D eigenvalue weighted by atomic mass is 32.1. The Balaban J connectivity index is 1.98. The van der Waals surface area contributed by atoms with Gasteiger partial charge in [0.1, 0.15) is 22.2 Å². The Labute approximate surface area is 158 Å². The number of esters is 1. The molecule has 3 aromatic rings. The fraction of sp³-hybridized carbons (Fsp3) is 0.100. The summed E-state index contributed by atoms with van der Waals surface area (Å²) >= 11 is 1.14. The van der Waals surface area contributed by atoms with Crippen molar-refractivity contribution in [3.8, 4) is 11.1 Å². The Kier molecular flexibility index (Phi) is 5.61. The molecule has 1 amide bonds. The maximum atomic E-state index is 13.4. The van der Waals surface area contributed by atoms with E-state index in [1.807, 2.05) is 0 Å². The maximum absolute atomic E-state index is 13.4. The van der Waals surface area contributed by atoms with Crippen LogP contribution in [0, 0.1) is 11.6 Å². The van der Waals surface area contributed by atoms with Crippen LogP contribution in [0.1, 0.15) is 27.6 Å². The third kappa shape index (κ3) is 4.20. The third-order valence-electron chi connectivity index (χ3n) is 3.74. The van der Waals surface area contributed by atoms with Gasteiger partial charge in [0.15, 0.2) is 0 Å². The summed E-state index contributed by atoms with van der Waals surface area (Å²) in [6, 6.07) is 10.9. The van der Waals surface area contributed by atoms with Crippen molar-refractivity contribution in [2.24, 2.45) is 0 Å². The minimum atomic E-state index is -0.604. The highest BCUT2D eigenvalue weighted by Crippen LogP contribution is 2.36. The van der Waals surface area contributed by atoms with E-state index in [2.05, 4.69) is 5.32 Å². The molecule has 0 atom stereocenters. The number of halogens is 2. The first-order valence-electron chi connectivity index (χ1n) is 8.11. The van der Waals surface area contributed by atoms with Crippen LogP contribution < -0.4 is 5.32 Å². The zero-order valence-electron chi connectivity index (χ0n) is 14.3. The van der Waals surface area contributed by atoms with Gasteiger partial charge in [-0.25, -0.2) is 13.6 Å². The molecule has 27 heavy (non-hydrogen) atoms. The number of amides is 1. The van der Waals surface area contributed by atoms with Crippen molar-refractivity contribution in [2.75, 3.05) is 11.9 Å². The molecule has 1 N–H and O–H groups in total. The van der Waals surface area contributed by atoms with Crippen LogP contribution in [0.25, 0.3) is 11.1 Å². The minimum absolute atomic E-state index is 0.126. The van der Waals surface area contributed by atoms with E-state index >= 15 is 0 Å². The van der Waals surface area contributed by atoms with E-state index in [1.165, 1.54) is 42.5 Å². The van der Waals surface area contributed by atoms with Gasteiger partial charge in [-0.1, -0.05) is 18.2 Å². The van der Waals surface area contributed by atoms with Crippen molar-refractivity contribution in [2.45, 2.75) is 6.92 Å². The molecule has 138 valence electrons. The largest absolute Gasteiger partial charge is 0.462 e. The van der Waals surface area contributed by atoms with Crippen molar-refractivity contribution in [1.82, 2.24) is 0 Å². The van der Waals surface area contributed by atoms with Crippen molar-refractivity contribution in [3.05, 3.63) is 76.7 Å². The average molecular weight is 387 g/mol. The summed E-state index contributed by atoms with van der Waals surface area (Å²) in [6.07, 6.45) is 0. The summed E-state index contributed by atoms with van der Waals surface area (Å²) in [7, 11) is 0. The van der Waals surface area contributed by atoms with Gasteiger partial charge in [0, 0.05) is 16.5 Å². The topological polar surface area (TPSA) is 55.4 Å². The Hall–Kier alpha value is -3.06. The number of thiophene rings is 1. The maximum Gasteiger partial charge on any atom is 0.341 e. The lowest BCUT2D eigenvalue weighted by Crippen LogP contribution is -2.15. The zero-order chi connectivity index (χ0) is 19.4. The van der Waals surface area contributed by atoms with E-state index in [-0.39, 0.29) is 22.7 Å². The fourth-order valence-corrected chi connectivity index (χ4v) is 3.46. The second-order valence-electron chi connectivity index (χ2n) is 5.55. The van der Waals surface area contributed by atoms with Gasteiger partial charge in [-0.05, 0) is 42.8 Å². The van der Waals surface area contributed by atoms with E-state index in [1.54, 1.807) is 12.3 Å². The van der Waals surface area contributed by atoms with Crippen LogP contribution in [0.4, 0.5) is 13.8 Å². The molecule has 7 heteroatoms. The van der Waals surface area contributed by atoms with E-state index in [0.29, 0.717) is 11.1 Å². The predicted molar refractivity (Wildman–Crippen MR) is 100 cm³/mol. The molecule has 0 unspecified atom stereocenters. The smallest absolute Gasteiger partial charge is 0.341 e. The number of carbonyl (C=O) groups is 2. The molecule has 0 spiro atoms. The molecule has 0 saturated carbocycles. The molecule has 4 nitrogen and oxygen atoms in total. The monoisotopic (exact) mass is 387 g/mol. The molecule has 0 bridgehead atoms. The van der Waals surface area contributed by atoms with Crippen LogP contribution >= 0.6 is 11.3 Å². The van der Waals surface area contributed by atoms with Gasteiger partial charge in [-0.15, -0.1) is 11.3 Å². The normalized spacial score (nSPS) is 10.5. The number of hydrogen-bond acceptors (Lipinski definition) is 4. The minimum Gasteiger partial charge on any atom is -0.462 e. The highest BCUT2D eigenvalue weighted by molar-refractivity contribution is 7.15. The lowest BCUT2D eigenvalue weighted by molar-refractivity contribution is 0.0529. The quantitative estimate of drug-likeness (QED) is 0.618. The molecular weight excluding hydrogens is 372 g/mol. The number of benzene rings is 2. The summed E-state index contributed by atoms with van der Waals surface area (Å²) in [5.41, 5.74) is 1.44. The Morgan fingerprint density at radius 1 is 1.07 bits per heavy atom. The number of hydrogen-bond donors (Lipinski definition) is 1. The first-order valence-corrected chi connectivity index (χ1v) is 8.99. The molecule has 0 aliphatic rings. The van der Waals surface area contributed by atoms with Gasteiger partial charge in [-0.3, -0.25) is 4.79 Å². The molecule has 3 rings (SSSR count). The Morgan fingerprint density at radius 2 is 1.81 bits per heavy atom. The first-order chi connectivity index (χ1) is 13.0. The molecule has 0 aliphatic carbocycles. The summed E-state index contributed by atoms with van der Waals surface area (Å²) < 4.78 is 31.7. The third-order valence-corrected chi connectivity index (χ3v) is 4.64. The second-order valence-corrected chi connectivity index (χ2v) is 6.42. The molecule has 2 aromatic carbocycles. The zero-order valence-corrected chi connectivity index (χ0v) is 15.1. The molecule has 0 radical (unpaired) electrons. The molecule has 0 fully saturated rings. The van der Waals surface area contributed by atoms with Gasteiger partial charge in [-0.2, -0.15) is 0 Å². The second kappa shape index (κ2) is 8.09. The molecule has 0 saturated heterocycles. The van der Waals surface area contributed by atoms with Crippen molar-refractivity contribution in [3.63, 3.8) is 0 Å². The molecule has 1 aromatic heterocycles. The van der Waals surface area contributed by atoms with Gasteiger partial charge in [0.05, 0.1) is 6.61 Å². The molecule has 1 heterocycles. The van der Waals surface area contributed by atoms with E-state index in [4.69, 9.17) is 4.74 Å². The van der Waals surface area contributed by atoms with Crippen molar-refractivity contribution < 1.29 is 23.1 Å². The van der Waals surface area contributed by atoms with Gasteiger partial charge < -0.3 is 10.1 Å². The number of anilines is 1. The van der Waals surface area contributed by atoms with E-state index in [9.17, 15) is 18.4 Å². The lowest BCUT2D eigenvalue weighted by Gasteiger charge is -2.09. The van der Waals surface area contributed by atoms with Crippen LogP contribution in [-0.4, -0.2) is 18.5 Å². The predicted octanol–water partition coefficient (Wildman–Crippen LogP) is 5.12. The highest BCUT2D eigenvalue weighted by Gasteiger charge is 2.23. The summed E-state index contributed by atoms with van der Waals surface area (Å²) in [6.45, 7) is 1.83. The van der Waals surface area contributed by atoms with E-state index in [0.717, 1.165) is 17.4 Å². The van der Waals surface area contributed by atoms with Crippen molar-refractivity contribution in [1.29, 1.82) is 0 Å². The number of rotatable bonds is 5. The number of nitrogens with one attached hydrogen (secondary N) is 1. The van der Waals surface area contributed by atoms with Crippen LogP contribution in [0.3, 0.4) is 0 Å². The summed E-state index contributed by atoms with van der Waals surface area (Å²) in [5.74, 6) is -2.09. The molecular formula is C20H15F2NO3S. The van der Waals surface area contributed by atoms with Crippen LogP contribution in [-0.2, 0) is 4.74 Å². The van der Waals surface area contributed by atoms with Crippen molar-refractivity contribution >= 4 is 28.2 Å². The van der Waals surface area contributed by atoms with Gasteiger partial charge in [0.2, 0.25) is 0 Å². The Morgan fingerprint density at radius 3 is 2.48 bits per heavy atom. The van der Waals surface area contributed by atoms with Gasteiger partial charge >= 0.3 is 5.97 Å². The number of carbonyl (C=O) groups excluding carboxylic acids is 2. The number of ether oxygens (including phenoxy) is 1. The van der Waals surface area contributed by atoms with Crippen LogP contribution in [0.5, 0.6) is 0 Å². The standard InChI is InChI=1S/C20H15F2NO3S/c1-2-26-20(25)17-16(12-6-8-14(21)9-7-12)11-27-19(17)23-18(24)13-4-3-5-15(22)10-13/h3-11H,2H2,1H3,(H,23,24). The van der Waals surface area contributed by atoms with Crippen LogP contribution in [0.2, 0.25) is 0 Å². The average Bonchev–Trinajstić information content (AvgIpc) is 3.06. The summed E-state index contributed by atoms with van der Waals surface area (Å²) in [4.78, 5) is 24.9. The van der Waals surface area contributed by atoms with Crippen LogP contribution in [0.15, 0.2) is 53.9 Å². The fourth-order valence-electron chi connectivity index (χ4n) is 2.50.